The Bertz CT molecular complexity index is 345. The van der Waals surface area contributed by atoms with Crippen LogP contribution in [0.4, 0.5) is 0 Å². The first-order chi connectivity index (χ1) is 10.2. The molecular formula is C19H33NO. The average Bonchev–Trinajstić information content (AvgIpc) is 2.47. The molecule has 0 saturated heterocycles. The standard InChI is InChI=1S/C19H33NO/c1-4-5-6-7-8-9-14-21-19-12-10-18(11-13-19)16-20-15-17(2)3/h10-13,17,20H,4-9,14-16H2,1-3H3. The fourth-order valence-electron chi connectivity index (χ4n) is 2.28. The van der Waals surface area contributed by atoms with E-state index in [1.165, 1.54) is 44.1 Å². The molecule has 2 nitrogen and oxygen atoms in total. The van der Waals surface area contributed by atoms with Gasteiger partial charge in [0.15, 0.2) is 0 Å². The van der Waals surface area contributed by atoms with E-state index in [4.69, 9.17) is 4.74 Å². The third kappa shape index (κ3) is 9.52. The quantitative estimate of drug-likeness (QED) is 0.536. The van der Waals surface area contributed by atoms with Crippen LogP contribution in [0.2, 0.25) is 0 Å². The van der Waals surface area contributed by atoms with E-state index in [-0.39, 0.29) is 0 Å². The van der Waals surface area contributed by atoms with E-state index >= 15 is 0 Å². The van der Waals surface area contributed by atoms with E-state index in [1.807, 2.05) is 0 Å². The number of nitrogens with one attached hydrogen (secondary N) is 1. The molecule has 0 unspecified atom stereocenters. The molecule has 0 amide bonds. The van der Waals surface area contributed by atoms with Crippen molar-refractivity contribution in [2.75, 3.05) is 13.2 Å². The molecule has 0 aliphatic rings. The minimum Gasteiger partial charge on any atom is -0.494 e. The second-order valence-electron chi connectivity index (χ2n) is 6.28. The highest BCUT2D eigenvalue weighted by atomic mass is 16.5. The number of hydrogen-bond acceptors (Lipinski definition) is 2. The number of unbranched alkanes of at least 4 members (excludes halogenated alkanes) is 5. The number of rotatable bonds is 12. The molecule has 0 bridgehead atoms. The van der Waals surface area contributed by atoms with Gasteiger partial charge in [-0.1, -0.05) is 65.0 Å². The van der Waals surface area contributed by atoms with Gasteiger partial charge in [-0.2, -0.15) is 0 Å². The Labute approximate surface area is 131 Å². The highest BCUT2D eigenvalue weighted by molar-refractivity contribution is 5.27. The van der Waals surface area contributed by atoms with Gasteiger partial charge >= 0.3 is 0 Å². The van der Waals surface area contributed by atoms with Gasteiger partial charge in [0.05, 0.1) is 6.61 Å². The topological polar surface area (TPSA) is 21.3 Å². The molecule has 0 aliphatic carbocycles. The van der Waals surface area contributed by atoms with Gasteiger partial charge in [-0.15, -0.1) is 0 Å². The number of ether oxygens (including phenoxy) is 1. The SMILES string of the molecule is CCCCCCCCOc1ccc(CNCC(C)C)cc1. The molecule has 0 aromatic heterocycles. The molecule has 0 aliphatic heterocycles. The first-order valence-corrected chi connectivity index (χ1v) is 8.64. The summed E-state index contributed by atoms with van der Waals surface area (Å²) in [5, 5.41) is 3.46. The molecule has 0 radical (unpaired) electrons. The van der Waals surface area contributed by atoms with Gasteiger partial charge in [-0.25, -0.2) is 0 Å². The maximum atomic E-state index is 5.79. The second kappa shape index (κ2) is 11.6. The molecule has 0 saturated carbocycles. The van der Waals surface area contributed by atoms with Crippen molar-refractivity contribution in [3.05, 3.63) is 29.8 Å². The Hall–Kier alpha value is -1.02. The minimum atomic E-state index is 0.699. The first kappa shape index (κ1) is 18.0. The number of benzene rings is 1. The molecular weight excluding hydrogens is 258 g/mol. The van der Waals surface area contributed by atoms with Crippen LogP contribution in [-0.4, -0.2) is 13.2 Å². The van der Waals surface area contributed by atoms with Crippen LogP contribution in [0.3, 0.4) is 0 Å². The Balaban J connectivity index is 2.10. The zero-order chi connectivity index (χ0) is 15.3. The molecule has 0 atom stereocenters. The zero-order valence-corrected chi connectivity index (χ0v) is 14.2. The van der Waals surface area contributed by atoms with Crippen LogP contribution in [-0.2, 0) is 6.54 Å². The van der Waals surface area contributed by atoms with E-state index in [9.17, 15) is 0 Å². The summed E-state index contributed by atoms with van der Waals surface area (Å²) in [4.78, 5) is 0. The Morgan fingerprint density at radius 2 is 1.62 bits per heavy atom. The van der Waals surface area contributed by atoms with Crippen LogP contribution in [0.25, 0.3) is 0 Å². The fraction of sp³-hybridized carbons (Fsp3) is 0.684. The van der Waals surface area contributed by atoms with Crippen molar-refractivity contribution in [3.63, 3.8) is 0 Å². The van der Waals surface area contributed by atoms with Crippen LogP contribution in [0, 0.1) is 5.92 Å². The predicted molar refractivity (Wildman–Crippen MR) is 91.9 cm³/mol. The Morgan fingerprint density at radius 3 is 2.29 bits per heavy atom. The van der Waals surface area contributed by atoms with E-state index in [2.05, 4.69) is 50.4 Å². The van der Waals surface area contributed by atoms with Crippen LogP contribution in [0.5, 0.6) is 5.75 Å². The third-order valence-electron chi connectivity index (χ3n) is 3.57. The van der Waals surface area contributed by atoms with Gasteiger partial charge < -0.3 is 10.1 Å². The number of hydrogen-bond donors (Lipinski definition) is 1. The van der Waals surface area contributed by atoms with Gasteiger partial charge in [0.25, 0.3) is 0 Å². The lowest BCUT2D eigenvalue weighted by Gasteiger charge is -2.09. The molecule has 120 valence electrons. The van der Waals surface area contributed by atoms with E-state index in [1.54, 1.807) is 0 Å². The van der Waals surface area contributed by atoms with Gasteiger partial charge in [0.2, 0.25) is 0 Å². The smallest absolute Gasteiger partial charge is 0.119 e. The van der Waals surface area contributed by atoms with Gasteiger partial charge in [-0.3, -0.25) is 0 Å². The van der Waals surface area contributed by atoms with E-state index in [0.29, 0.717) is 5.92 Å². The fourth-order valence-corrected chi connectivity index (χ4v) is 2.28. The summed E-state index contributed by atoms with van der Waals surface area (Å²) < 4.78 is 5.79. The monoisotopic (exact) mass is 291 g/mol. The highest BCUT2D eigenvalue weighted by Crippen LogP contribution is 2.13. The van der Waals surface area contributed by atoms with Crippen molar-refractivity contribution >= 4 is 0 Å². The van der Waals surface area contributed by atoms with Gasteiger partial charge in [0.1, 0.15) is 5.75 Å². The van der Waals surface area contributed by atoms with Crippen LogP contribution >= 0.6 is 0 Å². The van der Waals surface area contributed by atoms with Crippen LogP contribution in [0.1, 0.15) is 64.9 Å². The molecule has 1 N–H and O–H groups in total. The summed E-state index contributed by atoms with van der Waals surface area (Å²) in [6.07, 6.45) is 7.85. The molecule has 1 aromatic carbocycles. The molecule has 0 spiro atoms. The maximum absolute atomic E-state index is 5.79. The van der Waals surface area contributed by atoms with Crippen molar-refractivity contribution < 1.29 is 4.74 Å². The molecule has 0 heterocycles. The van der Waals surface area contributed by atoms with Crippen molar-refractivity contribution in [2.45, 2.75) is 65.8 Å². The second-order valence-corrected chi connectivity index (χ2v) is 6.28. The predicted octanol–water partition coefficient (Wildman–Crippen LogP) is 5.17. The summed E-state index contributed by atoms with van der Waals surface area (Å²) in [5.41, 5.74) is 1.32. The largest absolute Gasteiger partial charge is 0.494 e. The summed E-state index contributed by atoms with van der Waals surface area (Å²) in [5.74, 6) is 1.70. The highest BCUT2D eigenvalue weighted by Gasteiger charge is 1.97. The zero-order valence-electron chi connectivity index (χ0n) is 14.2. The molecule has 1 rings (SSSR count). The first-order valence-electron chi connectivity index (χ1n) is 8.64. The minimum absolute atomic E-state index is 0.699. The lowest BCUT2D eigenvalue weighted by Crippen LogP contribution is -2.18. The summed E-state index contributed by atoms with van der Waals surface area (Å²) in [7, 11) is 0. The van der Waals surface area contributed by atoms with Gasteiger partial charge in [0, 0.05) is 6.54 Å². The molecule has 21 heavy (non-hydrogen) atoms. The van der Waals surface area contributed by atoms with E-state index in [0.717, 1.165) is 25.4 Å². The maximum Gasteiger partial charge on any atom is 0.119 e. The average molecular weight is 291 g/mol. The lowest BCUT2D eigenvalue weighted by molar-refractivity contribution is 0.304. The van der Waals surface area contributed by atoms with Crippen molar-refractivity contribution in [1.29, 1.82) is 0 Å². The van der Waals surface area contributed by atoms with Crippen molar-refractivity contribution in [2.24, 2.45) is 5.92 Å². The Kier molecular flexibility index (Phi) is 9.98. The molecule has 2 heteroatoms. The van der Waals surface area contributed by atoms with Crippen molar-refractivity contribution in [1.82, 2.24) is 5.32 Å². The van der Waals surface area contributed by atoms with Crippen LogP contribution in [0.15, 0.2) is 24.3 Å². The van der Waals surface area contributed by atoms with Crippen molar-refractivity contribution in [3.8, 4) is 5.75 Å². The van der Waals surface area contributed by atoms with E-state index < -0.39 is 0 Å². The summed E-state index contributed by atoms with van der Waals surface area (Å²) in [6, 6.07) is 8.49. The molecule has 0 fully saturated rings. The third-order valence-corrected chi connectivity index (χ3v) is 3.57. The van der Waals surface area contributed by atoms with Crippen LogP contribution < -0.4 is 10.1 Å². The lowest BCUT2D eigenvalue weighted by atomic mass is 10.1. The normalized spacial score (nSPS) is 11.0. The van der Waals surface area contributed by atoms with Gasteiger partial charge in [-0.05, 0) is 36.6 Å². The Morgan fingerprint density at radius 1 is 0.952 bits per heavy atom. The molecule has 1 aromatic rings. The summed E-state index contributed by atoms with van der Waals surface area (Å²) >= 11 is 0. The summed E-state index contributed by atoms with van der Waals surface area (Å²) in [6.45, 7) is 9.56.